The number of benzene rings is 2. The lowest BCUT2D eigenvalue weighted by Crippen LogP contribution is -2.24. The average molecular weight is 399 g/mol. The van der Waals surface area contributed by atoms with E-state index in [0.29, 0.717) is 28.5 Å². The lowest BCUT2D eigenvalue weighted by Gasteiger charge is -2.09. The highest BCUT2D eigenvalue weighted by molar-refractivity contribution is 6.03. The van der Waals surface area contributed by atoms with Crippen LogP contribution < -0.4 is 16.4 Å². The van der Waals surface area contributed by atoms with Crippen LogP contribution in [0, 0.1) is 6.92 Å². The van der Waals surface area contributed by atoms with E-state index in [1.807, 2.05) is 6.07 Å². The second kappa shape index (κ2) is 7.96. The molecule has 0 unspecified atom stereocenters. The molecule has 0 fully saturated rings. The van der Waals surface area contributed by atoms with Crippen molar-refractivity contribution in [1.82, 2.24) is 19.7 Å². The summed E-state index contributed by atoms with van der Waals surface area (Å²) in [5.41, 5.74) is 1.81. The third-order valence-electron chi connectivity index (χ3n) is 4.30. The van der Waals surface area contributed by atoms with Gasteiger partial charge in [-0.3, -0.25) is 14.4 Å². The summed E-state index contributed by atoms with van der Waals surface area (Å²) in [5.74, 6) is -0.0608. The van der Waals surface area contributed by atoms with E-state index < -0.39 is 5.91 Å². The number of carbonyl (C=O) groups is 1. The highest BCUT2D eigenvalue weighted by atomic mass is 16.2. The third kappa shape index (κ3) is 4.07. The Balaban J connectivity index is 1.62. The number of nitrogens with one attached hydrogen (secondary N) is 2. The fourth-order valence-corrected chi connectivity index (χ4v) is 2.94. The average Bonchev–Trinajstić information content (AvgIpc) is 2.74. The lowest BCUT2D eigenvalue weighted by molar-refractivity contribution is 0.102. The molecular weight excluding hydrogens is 382 g/mol. The van der Waals surface area contributed by atoms with Crippen LogP contribution in [0.1, 0.15) is 16.2 Å². The number of amides is 1. The predicted octanol–water partition coefficient (Wildman–Crippen LogP) is 2.54. The van der Waals surface area contributed by atoms with Crippen molar-refractivity contribution in [2.75, 3.05) is 5.32 Å². The quantitative estimate of drug-likeness (QED) is 0.548. The highest BCUT2D eigenvalue weighted by Crippen LogP contribution is 2.19. The molecule has 148 valence electrons. The second-order valence-corrected chi connectivity index (χ2v) is 6.57. The van der Waals surface area contributed by atoms with Gasteiger partial charge >= 0.3 is 0 Å². The van der Waals surface area contributed by atoms with E-state index in [4.69, 9.17) is 0 Å². The van der Waals surface area contributed by atoms with Crippen LogP contribution in [0.5, 0.6) is 0 Å². The van der Waals surface area contributed by atoms with E-state index >= 15 is 0 Å². The molecule has 4 aromatic rings. The van der Waals surface area contributed by atoms with Crippen LogP contribution in [0.4, 0.5) is 5.69 Å². The van der Waals surface area contributed by atoms with Gasteiger partial charge in [0.05, 0.1) is 5.69 Å². The van der Waals surface area contributed by atoms with Crippen molar-refractivity contribution < 1.29 is 4.79 Å². The molecule has 2 aromatic heterocycles. The smallest absolute Gasteiger partial charge is 0.276 e. The number of aromatic nitrogens is 4. The summed E-state index contributed by atoms with van der Waals surface area (Å²) in [6.45, 7) is 1.73. The van der Waals surface area contributed by atoms with Crippen molar-refractivity contribution in [2.45, 2.75) is 6.92 Å². The fourth-order valence-electron chi connectivity index (χ4n) is 2.94. The largest absolute Gasteiger partial charge is 0.321 e. The maximum Gasteiger partial charge on any atom is 0.276 e. The predicted molar refractivity (Wildman–Crippen MR) is 113 cm³/mol. The van der Waals surface area contributed by atoms with Crippen LogP contribution in [0.15, 0.2) is 82.4 Å². The molecule has 4 rings (SSSR count). The minimum atomic E-state index is -0.470. The number of nitrogens with zero attached hydrogens (tertiary/aromatic N) is 3. The molecule has 30 heavy (non-hydrogen) atoms. The molecule has 8 heteroatoms. The topological polar surface area (TPSA) is 110 Å². The van der Waals surface area contributed by atoms with Gasteiger partial charge in [0.15, 0.2) is 0 Å². The second-order valence-electron chi connectivity index (χ2n) is 6.57. The fraction of sp³-hybridized carbons (Fsp3) is 0.0455. The standard InChI is InChI=1S/C22H17N5O3/c1-14-12-19(28)25-21(23-14)15-6-5-7-16(13-15)24-22(30)18-10-11-20(29)27(26-18)17-8-3-2-4-9-17/h2-13H,1H3,(H,24,30)(H,23,25,28). The molecular formula is C22H17N5O3. The minimum absolute atomic E-state index is 0.0888. The number of aromatic amines is 1. The van der Waals surface area contributed by atoms with Crippen LogP contribution >= 0.6 is 0 Å². The molecule has 0 aliphatic rings. The van der Waals surface area contributed by atoms with Crippen molar-refractivity contribution in [2.24, 2.45) is 0 Å². The Morgan fingerprint density at radius 1 is 0.967 bits per heavy atom. The first-order chi connectivity index (χ1) is 14.5. The summed E-state index contributed by atoms with van der Waals surface area (Å²) in [7, 11) is 0. The lowest BCUT2D eigenvalue weighted by atomic mass is 10.2. The molecule has 0 spiro atoms. The van der Waals surface area contributed by atoms with Crippen LogP contribution in [0.25, 0.3) is 17.1 Å². The van der Waals surface area contributed by atoms with E-state index in [9.17, 15) is 14.4 Å². The number of rotatable bonds is 4. The molecule has 2 aromatic carbocycles. The molecule has 0 radical (unpaired) electrons. The zero-order valence-electron chi connectivity index (χ0n) is 16.0. The van der Waals surface area contributed by atoms with Crippen LogP contribution in [-0.2, 0) is 0 Å². The van der Waals surface area contributed by atoms with Gasteiger partial charge in [0.2, 0.25) is 0 Å². The van der Waals surface area contributed by atoms with Gasteiger partial charge in [-0.15, -0.1) is 0 Å². The molecule has 0 bridgehead atoms. The van der Waals surface area contributed by atoms with Gasteiger partial charge in [-0.25, -0.2) is 4.98 Å². The normalized spacial score (nSPS) is 10.6. The summed E-state index contributed by atoms with van der Waals surface area (Å²) in [6, 6.07) is 19.9. The summed E-state index contributed by atoms with van der Waals surface area (Å²) < 4.78 is 1.17. The van der Waals surface area contributed by atoms with Crippen molar-refractivity contribution in [1.29, 1.82) is 0 Å². The number of anilines is 1. The Bertz CT molecular complexity index is 1340. The summed E-state index contributed by atoms with van der Waals surface area (Å²) in [4.78, 5) is 43.5. The Hall–Kier alpha value is -4.33. The summed E-state index contributed by atoms with van der Waals surface area (Å²) >= 11 is 0. The molecule has 0 aliphatic carbocycles. The number of para-hydroxylation sites is 1. The van der Waals surface area contributed by atoms with Gasteiger partial charge in [-0.05, 0) is 37.3 Å². The van der Waals surface area contributed by atoms with Gasteiger partial charge in [0.1, 0.15) is 11.5 Å². The number of hydrogen-bond acceptors (Lipinski definition) is 5. The number of aryl methyl sites for hydroxylation is 1. The van der Waals surface area contributed by atoms with Gasteiger partial charge in [-0.2, -0.15) is 9.78 Å². The molecule has 0 atom stereocenters. The zero-order valence-corrected chi connectivity index (χ0v) is 16.0. The number of carbonyl (C=O) groups excluding carboxylic acids is 1. The van der Waals surface area contributed by atoms with Crippen molar-refractivity contribution in [3.63, 3.8) is 0 Å². The molecule has 1 amide bonds. The van der Waals surface area contributed by atoms with Gasteiger partial charge in [0.25, 0.3) is 17.0 Å². The minimum Gasteiger partial charge on any atom is -0.321 e. The zero-order chi connectivity index (χ0) is 21.1. The Morgan fingerprint density at radius 3 is 2.53 bits per heavy atom. The van der Waals surface area contributed by atoms with Crippen molar-refractivity contribution in [3.05, 3.63) is 105 Å². The van der Waals surface area contributed by atoms with Gasteiger partial charge in [-0.1, -0.05) is 30.3 Å². The summed E-state index contributed by atoms with van der Waals surface area (Å²) in [5, 5.41) is 6.93. The first-order valence-corrected chi connectivity index (χ1v) is 9.15. The first kappa shape index (κ1) is 19.0. The van der Waals surface area contributed by atoms with Crippen LogP contribution in [0.2, 0.25) is 0 Å². The van der Waals surface area contributed by atoms with Crippen LogP contribution in [-0.4, -0.2) is 25.7 Å². The Morgan fingerprint density at radius 2 is 1.77 bits per heavy atom. The SMILES string of the molecule is Cc1cc(=O)[nH]c(-c2cccc(NC(=O)c3ccc(=O)n(-c4ccccc4)n3)c2)n1. The number of H-pyrrole nitrogens is 1. The van der Waals surface area contributed by atoms with Crippen molar-refractivity contribution >= 4 is 11.6 Å². The van der Waals surface area contributed by atoms with E-state index in [-0.39, 0.29) is 16.8 Å². The monoisotopic (exact) mass is 399 g/mol. The Labute approximate surface area is 170 Å². The third-order valence-corrected chi connectivity index (χ3v) is 4.30. The van der Waals surface area contributed by atoms with Gasteiger partial charge < -0.3 is 10.3 Å². The van der Waals surface area contributed by atoms with E-state index in [1.54, 1.807) is 55.5 Å². The molecule has 0 aliphatic heterocycles. The number of hydrogen-bond donors (Lipinski definition) is 2. The van der Waals surface area contributed by atoms with Crippen LogP contribution in [0.3, 0.4) is 0 Å². The highest BCUT2D eigenvalue weighted by Gasteiger charge is 2.12. The molecule has 8 nitrogen and oxygen atoms in total. The maximum absolute atomic E-state index is 12.7. The Kier molecular flexibility index (Phi) is 5.04. The molecule has 0 saturated heterocycles. The van der Waals surface area contributed by atoms with E-state index in [0.717, 1.165) is 0 Å². The summed E-state index contributed by atoms with van der Waals surface area (Å²) in [6.07, 6.45) is 0. The maximum atomic E-state index is 12.7. The molecule has 2 heterocycles. The molecule has 0 saturated carbocycles. The van der Waals surface area contributed by atoms with E-state index in [1.165, 1.54) is 22.9 Å². The molecule has 2 N–H and O–H groups in total. The first-order valence-electron chi connectivity index (χ1n) is 9.15. The van der Waals surface area contributed by atoms with Gasteiger partial charge in [0, 0.05) is 29.1 Å². The van der Waals surface area contributed by atoms with E-state index in [2.05, 4.69) is 20.4 Å². The van der Waals surface area contributed by atoms with Crippen molar-refractivity contribution in [3.8, 4) is 17.1 Å².